The van der Waals surface area contributed by atoms with E-state index < -0.39 is 0 Å². The molecule has 0 fully saturated rings. The molecule has 0 bridgehead atoms. The summed E-state index contributed by atoms with van der Waals surface area (Å²) in [5.74, 6) is 1.93. The molecule has 1 aromatic carbocycles. The highest BCUT2D eigenvalue weighted by molar-refractivity contribution is 6.32. The lowest BCUT2D eigenvalue weighted by atomic mass is 10.2. The van der Waals surface area contributed by atoms with Crippen LogP contribution >= 0.6 is 11.6 Å². The molecule has 8 nitrogen and oxygen atoms in total. The first-order chi connectivity index (χ1) is 12.7. The zero-order chi connectivity index (χ0) is 18.4. The fourth-order valence-corrected chi connectivity index (χ4v) is 2.45. The van der Waals surface area contributed by atoms with Crippen LogP contribution in [0.3, 0.4) is 0 Å². The van der Waals surface area contributed by atoms with Crippen molar-refractivity contribution >= 4 is 29.1 Å². The van der Waals surface area contributed by atoms with E-state index in [1.54, 1.807) is 44.9 Å². The third-order valence-corrected chi connectivity index (χ3v) is 3.77. The molecular formula is C17H17ClN6O2. The summed E-state index contributed by atoms with van der Waals surface area (Å²) < 4.78 is 10.6. The maximum Gasteiger partial charge on any atom is 0.249 e. The van der Waals surface area contributed by atoms with E-state index in [1.165, 1.54) is 0 Å². The summed E-state index contributed by atoms with van der Waals surface area (Å²) >= 11 is 6.12. The highest BCUT2D eigenvalue weighted by Crippen LogP contribution is 2.36. The van der Waals surface area contributed by atoms with Crippen LogP contribution < -0.4 is 20.1 Å². The first-order valence-electron chi connectivity index (χ1n) is 7.70. The van der Waals surface area contributed by atoms with Gasteiger partial charge in [0.1, 0.15) is 11.5 Å². The van der Waals surface area contributed by atoms with Crippen LogP contribution in [0.2, 0.25) is 5.02 Å². The monoisotopic (exact) mass is 372 g/mol. The molecule has 0 saturated heterocycles. The van der Waals surface area contributed by atoms with E-state index in [-0.39, 0.29) is 0 Å². The third-order valence-electron chi connectivity index (χ3n) is 3.48. The number of pyridine rings is 1. The predicted octanol–water partition coefficient (Wildman–Crippen LogP) is 3.29. The third kappa shape index (κ3) is 4.28. The fraction of sp³-hybridized carbons (Fsp3) is 0.176. The molecule has 0 aliphatic heterocycles. The number of hydrogen-bond acceptors (Lipinski definition) is 8. The first-order valence-corrected chi connectivity index (χ1v) is 8.08. The molecule has 0 spiro atoms. The molecule has 0 amide bonds. The van der Waals surface area contributed by atoms with Gasteiger partial charge in [-0.05, 0) is 11.6 Å². The number of benzene rings is 1. The molecule has 0 unspecified atom stereocenters. The van der Waals surface area contributed by atoms with Crippen molar-refractivity contribution in [3.05, 3.63) is 53.4 Å². The Morgan fingerprint density at radius 1 is 1.12 bits per heavy atom. The average Bonchev–Trinajstić information content (AvgIpc) is 2.68. The lowest BCUT2D eigenvalue weighted by molar-refractivity contribution is 0.405. The number of nitrogens with one attached hydrogen (secondary N) is 2. The number of ether oxygens (including phenoxy) is 2. The van der Waals surface area contributed by atoms with E-state index in [9.17, 15) is 0 Å². The largest absolute Gasteiger partial charge is 0.495 e. The van der Waals surface area contributed by atoms with Crippen molar-refractivity contribution in [3.63, 3.8) is 0 Å². The first kappa shape index (κ1) is 17.7. The molecule has 0 aliphatic rings. The summed E-state index contributed by atoms with van der Waals surface area (Å²) in [6.07, 6.45) is 5.05. The zero-order valence-corrected chi connectivity index (χ0v) is 15.0. The van der Waals surface area contributed by atoms with Crippen LogP contribution in [-0.4, -0.2) is 34.4 Å². The summed E-state index contributed by atoms with van der Waals surface area (Å²) in [4.78, 5) is 8.47. The molecule has 2 heterocycles. The smallest absolute Gasteiger partial charge is 0.249 e. The van der Waals surface area contributed by atoms with Crippen LogP contribution in [0, 0.1) is 0 Å². The van der Waals surface area contributed by atoms with Crippen molar-refractivity contribution in [3.8, 4) is 11.5 Å². The lowest BCUT2D eigenvalue weighted by Crippen LogP contribution is -2.06. The molecule has 3 aromatic rings. The Balaban J connectivity index is 1.76. The topological polar surface area (TPSA) is 94.1 Å². The second kappa shape index (κ2) is 8.30. The molecule has 3 rings (SSSR count). The van der Waals surface area contributed by atoms with Gasteiger partial charge in [-0.1, -0.05) is 17.7 Å². The van der Waals surface area contributed by atoms with Crippen LogP contribution in [-0.2, 0) is 6.54 Å². The summed E-state index contributed by atoms with van der Waals surface area (Å²) in [6, 6.07) is 7.21. The normalized spacial score (nSPS) is 10.3. The van der Waals surface area contributed by atoms with Gasteiger partial charge in [0.15, 0.2) is 5.82 Å². The van der Waals surface area contributed by atoms with Gasteiger partial charge in [0.05, 0.1) is 31.1 Å². The van der Waals surface area contributed by atoms with Gasteiger partial charge in [-0.2, -0.15) is 10.1 Å². The van der Waals surface area contributed by atoms with Crippen molar-refractivity contribution < 1.29 is 9.47 Å². The summed E-state index contributed by atoms with van der Waals surface area (Å²) in [5, 5.41) is 14.6. The Labute approximate surface area is 155 Å². The van der Waals surface area contributed by atoms with Gasteiger partial charge >= 0.3 is 0 Å². The van der Waals surface area contributed by atoms with Crippen LogP contribution in [0.4, 0.5) is 17.5 Å². The van der Waals surface area contributed by atoms with Gasteiger partial charge in [0, 0.05) is 31.1 Å². The summed E-state index contributed by atoms with van der Waals surface area (Å²) in [6.45, 7) is 0.573. The number of rotatable bonds is 7. The number of aromatic nitrogens is 4. The van der Waals surface area contributed by atoms with Crippen molar-refractivity contribution in [1.29, 1.82) is 0 Å². The minimum atomic E-state index is 0.309. The van der Waals surface area contributed by atoms with E-state index in [4.69, 9.17) is 21.1 Å². The van der Waals surface area contributed by atoms with Crippen LogP contribution in [0.15, 0.2) is 42.9 Å². The molecule has 2 N–H and O–H groups in total. The minimum Gasteiger partial charge on any atom is -0.495 e. The van der Waals surface area contributed by atoms with E-state index in [2.05, 4.69) is 30.8 Å². The quantitative estimate of drug-likeness (QED) is 0.652. The van der Waals surface area contributed by atoms with E-state index in [0.29, 0.717) is 40.5 Å². The Kier molecular flexibility index (Phi) is 5.65. The Hall–Kier alpha value is -3.13. The molecule has 26 heavy (non-hydrogen) atoms. The summed E-state index contributed by atoms with van der Waals surface area (Å²) in [7, 11) is 3.09. The molecule has 134 valence electrons. The molecule has 9 heteroatoms. The van der Waals surface area contributed by atoms with E-state index >= 15 is 0 Å². The van der Waals surface area contributed by atoms with Crippen molar-refractivity contribution in [2.24, 2.45) is 0 Å². The maximum absolute atomic E-state index is 6.12. The number of methoxy groups -OCH3 is 2. The fourth-order valence-electron chi connectivity index (χ4n) is 2.22. The second-order valence-electron chi connectivity index (χ2n) is 5.19. The number of anilines is 3. The van der Waals surface area contributed by atoms with Gasteiger partial charge < -0.3 is 20.1 Å². The molecular weight excluding hydrogens is 356 g/mol. The SMILES string of the molecule is COc1cc(Nc2nncc(NCc3cccnc3)n2)c(OC)cc1Cl. The van der Waals surface area contributed by atoms with E-state index in [0.717, 1.165) is 5.56 Å². The van der Waals surface area contributed by atoms with Crippen molar-refractivity contribution in [2.75, 3.05) is 24.9 Å². The molecule has 0 aliphatic carbocycles. The van der Waals surface area contributed by atoms with Gasteiger partial charge in [0.25, 0.3) is 0 Å². The number of nitrogens with zero attached hydrogens (tertiary/aromatic N) is 4. The van der Waals surface area contributed by atoms with Gasteiger partial charge in [-0.15, -0.1) is 5.10 Å². The van der Waals surface area contributed by atoms with Crippen LogP contribution in [0.25, 0.3) is 0 Å². The second-order valence-corrected chi connectivity index (χ2v) is 5.60. The standard InChI is InChI=1S/C17H17ClN6O2/c1-25-14-7-13(15(26-2)6-12(14)18)22-17-23-16(10-21-24-17)20-9-11-4-3-5-19-8-11/h3-8,10H,9H2,1-2H3,(H2,20,22,23,24). The lowest BCUT2D eigenvalue weighted by Gasteiger charge is -2.13. The van der Waals surface area contributed by atoms with Gasteiger partial charge in [0.2, 0.25) is 5.95 Å². The van der Waals surface area contributed by atoms with Crippen LogP contribution in [0.5, 0.6) is 11.5 Å². The Bertz CT molecular complexity index is 878. The van der Waals surface area contributed by atoms with Gasteiger partial charge in [-0.3, -0.25) is 4.98 Å². The van der Waals surface area contributed by atoms with Crippen molar-refractivity contribution in [1.82, 2.24) is 20.2 Å². The molecule has 2 aromatic heterocycles. The number of hydrogen-bond donors (Lipinski definition) is 2. The van der Waals surface area contributed by atoms with Gasteiger partial charge in [-0.25, -0.2) is 0 Å². The Morgan fingerprint density at radius 3 is 2.69 bits per heavy atom. The molecule has 0 radical (unpaired) electrons. The minimum absolute atomic E-state index is 0.309. The predicted molar refractivity (Wildman–Crippen MR) is 99.2 cm³/mol. The zero-order valence-electron chi connectivity index (χ0n) is 14.2. The van der Waals surface area contributed by atoms with E-state index in [1.807, 2.05) is 12.1 Å². The number of halogens is 1. The maximum atomic E-state index is 6.12. The van der Waals surface area contributed by atoms with Crippen molar-refractivity contribution in [2.45, 2.75) is 6.54 Å². The van der Waals surface area contributed by atoms with Crippen LogP contribution in [0.1, 0.15) is 5.56 Å². The highest BCUT2D eigenvalue weighted by atomic mass is 35.5. The average molecular weight is 373 g/mol. The summed E-state index contributed by atoms with van der Waals surface area (Å²) in [5.41, 5.74) is 1.64. The highest BCUT2D eigenvalue weighted by Gasteiger charge is 2.12. The Morgan fingerprint density at radius 2 is 1.96 bits per heavy atom. The molecule has 0 saturated carbocycles. The molecule has 0 atom stereocenters.